The van der Waals surface area contributed by atoms with Gasteiger partial charge < -0.3 is 10.4 Å². The predicted molar refractivity (Wildman–Crippen MR) is 72.5 cm³/mol. The lowest BCUT2D eigenvalue weighted by atomic mass is 9.96. The maximum Gasteiger partial charge on any atom is 0.267 e. The van der Waals surface area contributed by atoms with Gasteiger partial charge in [0.25, 0.3) is 5.91 Å². The number of carbonyl (C=O) groups excluding carboxylic acids is 1. The van der Waals surface area contributed by atoms with E-state index in [1.54, 1.807) is 13.8 Å². The number of nitrogens with zero attached hydrogens (tertiary/aromatic N) is 1. The molecule has 2 aliphatic carbocycles. The van der Waals surface area contributed by atoms with E-state index in [-0.39, 0.29) is 5.91 Å². The molecule has 4 nitrogen and oxygen atoms in total. The maximum atomic E-state index is 11.9. The summed E-state index contributed by atoms with van der Waals surface area (Å²) in [5, 5.41) is 13.9. The van der Waals surface area contributed by atoms with Crippen LogP contribution in [0.25, 0.3) is 0 Å². The lowest BCUT2D eigenvalue weighted by Gasteiger charge is -2.26. The summed E-state index contributed by atoms with van der Waals surface area (Å²) in [5.74, 6) is 1.42. The van der Waals surface area contributed by atoms with Crippen molar-refractivity contribution in [3.63, 3.8) is 0 Å². The zero-order valence-electron chi connectivity index (χ0n) is 10.8. The molecular formula is C13H20N2O2S. The summed E-state index contributed by atoms with van der Waals surface area (Å²) in [6.45, 7) is 3.42. The first kappa shape index (κ1) is 12.5. The smallest absolute Gasteiger partial charge is 0.267 e. The Morgan fingerprint density at radius 1 is 1.50 bits per heavy atom. The van der Waals surface area contributed by atoms with Crippen LogP contribution in [0.1, 0.15) is 39.5 Å². The quantitative estimate of drug-likeness (QED) is 0.797. The minimum absolute atomic E-state index is 0.215. The summed E-state index contributed by atoms with van der Waals surface area (Å²) in [6.07, 6.45) is 4.54. The number of amidine groups is 1. The fourth-order valence-electron chi connectivity index (χ4n) is 3.38. The number of aliphatic imine (C=N–C) groups is 1. The van der Waals surface area contributed by atoms with Crippen molar-refractivity contribution in [2.45, 2.75) is 56.4 Å². The third kappa shape index (κ3) is 1.88. The third-order valence-electron chi connectivity index (χ3n) is 4.78. The van der Waals surface area contributed by atoms with Crippen LogP contribution >= 0.6 is 11.8 Å². The number of aliphatic hydroxyl groups excluding tert-OH is 1. The van der Waals surface area contributed by atoms with E-state index in [9.17, 15) is 9.90 Å². The van der Waals surface area contributed by atoms with Crippen LogP contribution in [0.3, 0.4) is 0 Å². The Balaban J connectivity index is 1.65. The Morgan fingerprint density at radius 3 is 2.78 bits per heavy atom. The Kier molecular flexibility index (Phi) is 2.94. The van der Waals surface area contributed by atoms with Gasteiger partial charge in [0.15, 0.2) is 5.17 Å². The molecule has 5 heteroatoms. The highest BCUT2D eigenvalue weighted by molar-refractivity contribution is 8.16. The number of hydrogen-bond acceptors (Lipinski definition) is 4. The second-order valence-electron chi connectivity index (χ2n) is 6.03. The molecule has 3 rings (SSSR count). The number of amides is 1. The van der Waals surface area contributed by atoms with E-state index in [1.807, 2.05) is 0 Å². The third-order valence-corrected chi connectivity index (χ3v) is 6.12. The van der Waals surface area contributed by atoms with Gasteiger partial charge in [-0.15, -0.1) is 0 Å². The number of nitrogens with one attached hydrogen (secondary N) is 1. The SMILES string of the molecule is C[C@H](O)[C@]1(C)SC(N[C@H]2C[C@@H]3CC[C@H]2C3)=NC1=O. The minimum Gasteiger partial charge on any atom is -0.391 e. The molecule has 5 atom stereocenters. The van der Waals surface area contributed by atoms with Crippen LogP contribution in [0.2, 0.25) is 0 Å². The Bertz CT molecular complexity index is 410. The van der Waals surface area contributed by atoms with Gasteiger partial charge >= 0.3 is 0 Å². The van der Waals surface area contributed by atoms with Gasteiger partial charge in [0, 0.05) is 6.04 Å². The van der Waals surface area contributed by atoms with Crippen LogP contribution < -0.4 is 5.32 Å². The van der Waals surface area contributed by atoms with Crippen molar-refractivity contribution in [1.29, 1.82) is 0 Å². The fourth-order valence-corrected chi connectivity index (χ4v) is 4.42. The summed E-state index contributed by atoms with van der Waals surface area (Å²) >= 11 is 1.38. The molecule has 1 heterocycles. The number of aliphatic hydroxyl groups is 1. The van der Waals surface area contributed by atoms with Gasteiger partial charge in [-0.2, -0.15) is 4.99 Å². The van der Waals surface area contributed by atoms with Crippen LogP contribution in [-0.2, 0) is 4.79 Å². The molecule has 1 aliphatic heterocycles. The molecule has 0 saturated heterocycles. The van der Waals surface area contributed by atoms with Gasteiger partial charge in [-0.05, 0) is 44.9 Å². The van der Waals surface area contributed by atoms with Gasteiger partial charge in [-0.3, -0.25) is 4.79 Å². The van der Waals surface area contributed by atoms with E-state index in [1.165, 1.54) is 37.4 Å². The second kappa shape index (κ2) is 4.23. The van der Waals surface area contributed by atoms with Gasteiger partial charge in [0.05, 0.1) is 6.10 Å². The highest BCUT2D eigenvalue weighted by Crippen LogP contribution is 2.45. The zero-order chi connectivity index (χ0) is 12.9. The van der Waals surface area contributed by atoms with Crippen molar-refractivity contribution >= 4 is 22.8 Å². The molecule has 0 unspecified atom stereocenters. The van der Waals surface area contributed by atoms with Crippen molar-refractivity contribution in [1.82, 2.24) is 5.32 Å². The van der Waals surface area contributed by atoms with Crippen LogP contribution in [0.15, 0.2) is 4.99 Å². The van der Waals surface area contributed by atoms with Crippen LogP contribution in [-0.4, -0.2) is 33.1 Å². The first-order chi connectivity index (χ1) is 8.49. The van der Waals surface area contributed by atoms with Gasteiger partial charge in [0.1, 0.15) is 4.75 Å². The van der Waals surface area contributed by atoms with Crippen molar-refractivity contribution in [3.05, 3.63) is 0 Å². The molecular weight excluding hydrogens is 248 g/mol. The highest BCUT2D eigenvalue weighted by Gasteiger charge is 2.47. The molecule has 0 radical (unpaired) electrons. The zero-order valence-corrected chi connectivity index (χ0v) is 11.7. The Labute approximate surface area is 112 Å². The molecule has 1 amide bonds. The van der Waals surface area contributed by atoms with Gasteiger partial charge in [-0.1, -0.05) is 18.2 Å². The largest absolute Gasteiger partial charge is 0.391 e. The normalized spacial score (nSPS) is 44.3. The number of hydrogen-bond donors (Lipinski definition) is 2. The molecule has 0 aromatic carbocycles. The molecule has 2 bridgehead atoms. The molecule has 0 spiro atoms. The molecule has 2 N–H and O–H groups in total. The van der Waals surface area contributed by atoms with E-state index in [2.05, 4.69) is 10.3 Å². The number of rotatable bonds is 2. The van der Waals surface area contributed by atoms with Crippen LogP contribution in [0.4, 0.5) is 0 Å². The summed E-state index contributed by atoms with van der Waals surface area (Å²) in [7, 11) is 0. The predicted octanol–water partition coefficient (Wildman–Crippen LogP) is 1.53. The summed E-state index contributed by atoms with van der Waals surface area (Å²) in [5.41, 5.74) is 0. The van der Waals surface area contributed by atoms with Crippen LogP contribution in [0, 0.1) is 11.8 Å². The standard InChI is InChI=1S/C13H20N2O2S/c1-7(16)13(2)11(17)15-12(18-13)14-10-6-8-3-4-9(10)5-8/h7-10,16H,3-6H2,1-2H3,(H,14,15,17)/t7-,8+,9-,10-,13-/m0/s1. The summed E-state index contributed by atoms with van der Waals surface area (Å²) < 4.78 is -0.806. The van der Waals surface area contributed by atoms with E-state index in [0.717, 1.165) is 11.8 Å². The molecule has 3 aliphatic rings. The van der Waals surface area contributed by atoms with E-state index >= 15 is 0 Å². The van der Waals surface area contributed by atoms with Crippen LogP contribution in [0.5, 0.6) is 0 Å². The fraction of sp³-hybridized carbons (Fsp3) is 0.846. The lowest BCUT2D eigenvalue weighted by Crippen LogP contribution is -2.40. The minimum atomic E-state index is -0.806. The molecule has 18 heavy (non-hydrogen) atoms. The van der Waals surface area contributed by atoms with Crippen molar-refractivity contribution in [3.8, 4) is 0 Å². The van der Waals surface area contributed by atoms with Crippen molar-refractivity contribution in [2.24, 2.45) is 16.8 Å². The molecule has 2 saturated carbocycles. The van der Waals surface area contributed by atoms with Crippen molar-refractivity contribution < 1.29 is 9.90 Å². The Morgan fingerprint density at radius 2 is 2.28 bits per heavy atom. The molecule has 0 aromatic rings. The van der Waals surface area contributed by atoms with Gasteiger partial charge in [0.2, 0.25) is 0 Å². The van der Waals surface area contributed by atoms with E-state index in [4.69, 9.17) is 0 Å². The monoisotopic (exact) mass is 268 g/mol. The average Bonchev–Trinajstić information content (AvgIpc) is 2.95. The molecule has 2 fully saturated rings. The maximum absolute atomic E-state index is 11.9. The average molecular weight is 268 g/mol. The molecule has 100 valence electrons. The van der Waals surface area contributed by atoms with E-state index in [0.29, 0.717) is 11.2 Å². The number of fused-ring (bicyclic) bond motifs is 2. The first-order valence-electron chi connectivity index (χ1n) is 6.76. The first-order valence-corrected chi connectivity index (χ1v) is 7.57. The van der Waals surface area contributed by atoms with Gasteiger partial charge in [-0.25, -0.2) is 0 Å². The lowest BCUT2D eigenvalue weighted by molar-refractivity contribution is -0.121. The second-order valence-corrected chi connectivity index (χ2v) is 7.47. The van der Waals surface area contributed by atoms with Crippen molar-refractivity contribution in [2.75, 3.05) is 0 Å². The topological polar surface area (TPSA) is 61.7 Å². The summed E-state index contributed by atoms with van der Waals surface area (Å²) in [4.78, 5) is 16.0. The molecule has 0 aromatic heterocycles. The summed E-state index contributed by atoms with van der Waals surface area (Å²) in [6, 6.07) is 0.485. The van der Waals surface area contributed by atoms with E-state index < -0.39 is 10.9 Å². The Hall–Kier alpha value is -0.550. The number of carbonyl (C=O) groups is 1. The number of thioether (sulfide) groups is 1. The highest BCUT2D eigenvalue weighted by atomic mass is 32.2.